The molecule has 2 rings (SSSR count). The molecule has 3 nitrogen and oxygen atoms in total. The predicted molar refractivity (Wildman–Crippen MR) is 61.1 cm³/mol. The fourth-order valence-corrected chi connectivity index (χ4v) is 2.66. The summed E-state index contributed by atoms with van der Waals surface area (Å²) in [6.45, 7) is 0. The molecule has 1 unspecified atom stereocenters. The van der Waals surface area contributed by atoms with E-state index in [0.29, 0.717) is 11.7 Å². The first-order valence-electron chi connectivity index (χ1n) is 5.10. The van der Waals surface area contributed by atoms with Gasteiger partial charge in [-0.3, -0.25) is 4.79 Å². The highest BCUT2D eigenvalue weighted by molar-refractivity contribution is 7.07. The Hall–Kier alpha value is -0.610. The molecule has 5 heteroatoms. The minimum atomic E-state index is -0.642. The second-order valence-corrected chi connectivity index (χ2v) is 4.92. The van der Waals surface area contributed by atoms with Crippen molar-refractivity contribution in [3.8, 4) is 0 Å². The Morgan fingerprint density at radius 3 is 2.93 bits per heavy atom. The third-order valence-electron chi connectivity index (χ3n) is 2.64. The zero-order chi connectivity index (χ0) is 10.7. The van der Waals surface area contributed by atoms with Crippen molar-refractivity contribution in [2.75, 3.05) is 0 Å². The van der Waals surface area contributed by atoms with E-state index in [4.69, 9.17) is 11.6 Å². The van der Waals surface area contributed by atoms with E-state index in [2.05, 4.69) is 10.3 Å². The second kappa shape index (κ2) is 4.94. The van der Waals surface area contributed by atoms with Crippen LogP contribution in [0.15, 0.2) is 10.9 Å². The Bertz CT molecular complexity index is 322. The highest BCUT2D eigenvalue weighted by atomic mass is 35.5. The van der Waals surface area contributed by atoms with Crippen LogP contribution >= 0.6 is 22.9 Å². The Morgan fingerprint density at radius 1 is 1.60 bits per heavy atom. The van der Waals surface area contributed by atoms with Gasteiger partial charge in [0.2, 0.25) is 5.91 Å². The van der Waals surface area contributed by atoms with Crippen LogP contribution in [0.4, 0.5) is 0 Å². The average Bonchev–Trinajstić information content (AvgIpc) is 2.88. The second-order valence-electron chi connectivity index (χ2n) is 3.77. The van der Waals surface area contributed by atoms with Crippen LogP contribution in [0.1, 0.15) is 36.8 Å². The Balaban J connectivity index is 1.90. The average molecular weight is 245 g/mol. The molecule has 1 heterocycles. The van der Waals surface area contributed by atoms with Crippen molar-refractivity contribution in [3.63, 3.8) is 0 Å². The van der Waals surface area contributed by atoms with Crippen molar-refractivity contribution < 1.29 is 4.79 Å². The lowest BCUT2D eigenvalue weighted by molar-refractivity contribution is -0.121. The Kier molecular flexibility index (Phi) is 3.59. The highest BCUT2D eigenvalue weighted by Crippen LogP contribution is 2.23. The first-order valence-corrected chi connectivity index (χ1v) is 6.48. The molecule has 1 aromatic rings. The smallest absolute Gasteiger partial charge is 0.244 e. The number of carbonyl (C=O) groups excluding carboxylic acids is 1. The maximum Gasteiger partial charge on any atom is 0.244 e. The molecule has 1 fully saturated rings. The predicted octanol–water partition coefficient (Wildman–Crippen LogP) is 2.48. The van der Waals surface area contributed by atoms with Crippen LogP contribution in [0.2, 0.25) is 0 Å². The highest BCUT2D eigenvalue weighted by Gasteiger charge is 2.23. The van der Waals surface area contributed by atoms with Gasteiger partial charge in [-0.25, -0.2) is 4.98 Å². The first-order chi connectivity index (χ1) is 7.27. The number of aromatic nitrogens is 1. The van der Waals surface area contributed by atoms with E-state index >= 15 is 0 Å². The monoisotopic (exact) mass is 244 g/mol. The fourth-order valence-electron chi connectivity index (χ4n) is 1.83. The van der Waals surface area contributed by atoms with Gasteiger partial charge in [0.05, 0.1) is 11.2 Å². The van der Waals surface area contributed by atoms with Gasteiger partial charge in [0.25, 0.3) is 0 Å². The molecule has 0 radical (unpaired) electrons. The van der Waals surface area contributed by atoms with E-state index in [9.17, 15) is 4.79 Å². The van der Waals surface area contributed by atoms with Crippen LogP contribution in [-0.2, 0) is 4.79 Å². The minimum Gasteiger partial charge on any atom is -0.352 e. The number of carbonyl (C=O) groups is 1. The first kappa shape index (κ1) is 10.9. The third kappa shape index (κ3) is 2.69. The van der Waals surface area contributed by atoms with Crippen LogP contribution in [0, 0.1) is 0 Å². The lowest BCUT2D eigenvalue weighted by Crippen LogP contribution is -2.35. The summed E-state index contributed by atoms with van der Waals surface area (Å²) in [5.41, 5.74) is 2.34. The lowest BCUT2D eigenvalue weighted by Gasteiger charge is -2.13. The van der Waals surface area contributed by atoms with Gasteiger partial charge in [-0.2, -0.15) is 0 Å². The molecule has 0 bridgehead atoms. The normalized spacial score (nSPS) is 19.0. The third-order valence-corrected chi connectivity index (χ3v) is 3.67. The number of thiazole rings is 1. The lowest BCUT2D eigenvalue weighted by atomic mass is 10.2. The molecule has 0 saturated heterocycles. The van der Waals surface area contributed by atoms with Gasteiger partial charge in [0.15, 0.2) is 5.38 Å². The molecule has 1 amide bonds. The molecule has 1 aliphatic carbocycles. The molecule has 0 aromatic carbocycles. The van der Waals surface area contributed by atoms with E-state index < -0.39 is 5.38 Å². The maximum atomic E-state index is 11.7. The van der Waals surface area contributed by atoms with E-state index in [-0.39, 0.29) is 5.91 Å². The number of hydrogen-bond acceptors (Lipinski definition) is 3. The molecule has 1 N–H and O–H groups in total. The van der Waals surface area contributed by atoms with Crippen molar-refractivity contribution in [1.29, 1.82) is 0 Å². The standard InChI is InChI=1S/C10H13ClN2OS/c11-9(8-5-15-6-12-8)10(14)13-7-3-1-2-4-7/h5-7,9H,1-4H2,(H,13,14). The Morgan fingerprint density at radius 2 is 2.33 bits per heavy atom. The van der Waals surface area contributed by atoms with Crippen LogP contribution in [0.3, 0.4) is 0 Å². The van der Waals surface area contributed by atoms with Gasteiger partial charge in [-0.05, 0) is 12.8 Å². The number of alkyl halides is 1. The van der Waals surface area contributed by atoms with Crippen molar-refractivity contribution >= 4 is 28.8 Å². The summed E-state index contributed by atoms with van der Waals surface area (Å²) in [6, 6.07) is 0.317. The molecule has 0 spiro atoms. The molecule has 1 saturated carbocycles. The van der Waals surface area contributed by atoms with E-state index in [1.165, 1.54) is 24.2 Å². The van der Waals surface area contributed by atoms with Crippen molar-refractivity contribution in [2.24, 2.45) is 0 Å². The molecule has 82 valence electrons. The van der Waals surface area contributed by atoms with Gasteiger partial charge < -0.3 is 5.32 Å². The zero-order valence-electron chi connectivity index (χ0n) is 8.28. The molecular weight excluding hydrogens is 232 g/mol. The van der Waals surface area contributed by atoms with Gasteiger partial charge in [0.1, 0.15) is 0 Å². The van der Waals surface area contributed by atoms with Crippen molar-refractivity contribution in [3.05, 3.63) is 16.6 Å². The van der Waals surface area contributed by atoms with Gasteiger partial charge >= 0.3 is 0 Å². The quantitative estimate of drug-likeness (QED) is 0.830. The number of halogens is 1. The number of rotatable bonds is 3. The zero-order valence-corrected chi connectivity index (χ0v) is 9.85. The molecule has 0 aliphatic heterocycles. The summed E-state index contributed by atoms with van der Waals surface area (Å²) in [4.78, 5) is 15.8. The number of nitrogens with zero attached hydrogens (tertiary/aromatic N) is 1. The van der Waals surface area contributed by atoms with E-state index in [1.807, 2.05) is 5.38 Å². The number of nitrogens with one attached hydrogen (secondary N) is 1. The summed E-state index contributed by atoms with van der Waals surface area (Å²) in [6.07, 6.45) is 4.56. The number of hydrogen-bond donors (Lipinski definition) is 1. The summed E-state index contributed by atoms with van der Waals surface area (Å²) >= 11 is 7.46. The number of amides is 1. The van der Waals surface area contributed by atoms with Gasteiger partial charge in [-0.1, -0.05) is 12.8 Å². The fraction of sp³-hybridized carbons (Fsp3) is 0.600. The molecule has 1 atom stereocenters. The molecule has 1 aromatic heterocycles. The van der Waals surface area contributed by atoms with Crippen LogP contribution < -0.4 is 5.32 Å². The summed E-state index contributed by atoms with van der Waals surface area (Å²) in [5, 5.41) is 4.13. The maximum absolute atomic E-state index is 11.7. The van der Waals surface area contributed by atoms with E-state index in [0.717, 1.165) is 12.8 Å². The van der Waals surface area contributed by atoms with Crippen molar-refractivity contribution in [1.82, 2.24) is 10.3 Å². The molecule has 15 heavy (non-hydrogen) atoms. The summed E-state index contributed by atoms with van der Waals surface area (Å²) < 4.78 is 0. The summed E-state index contributed by atoms with van der Waals surface area (Å²) in [7, 11) is 0. The molecule has 1 aliphatic rings. The van der Waals surface area contributed by atoms with Crippen LogP contribution in [0.25, 0.3) is 0 Å². The topological polar surface area (TPSA) is 42.0 Å². The SMILES string of the molecule is O=C(NC1CCCC1)C(Cl)c1cscn1. The van der Waals surface area contributed by atoms with Crippen LogP contribution in [0.5, 0.6) is 0 Å². The van der Waals surface area contributed by atoms with Gasteiger partial charge in [-0.15, -0.1) is 22.9 Å². The largest absolute Gasteiger partial charge is 0.352 e. The van der Waals surface area contributed by atoms with Crippen molar-refractivity contribution in [2.45, 2.75) is 37.1 Å². The minimum absolute atomic E-state index is 0.116. The van der Waals surface area contributed by atoms with Crippen LogP contribution in [-0.4, -0.2) is 16.9 Å². The Labute approximate surface area is 97.9 Å². The summed E-state index contributed by atoms with van der Waals surface area (Å²) in [5.74, 6) is -0.116. The van der Waals surface area contributed by atoms with Gasteiger partial charge in [0, 0.05) is 11.4 Å². The van der Waals surface area contributed by atoms with E-state index in [1.54, 1.807) is 5.51 Å². The molecular formula is C10H13ClN2OS.